The number of hydrogen-bond donors (Lipinski definition) is 0. The van der Waals surface area contributed by atoms with E-state index < -0.39 is 0 Å². The summed E-state index contributed by atoms with van der Waals surface area (Å²) in [5.74, 6) is 1.49. The van der Waals surface area contributed by atoms with Gasteiger partial charge in [-0.05, 0) is 84.5 Å². The van der Waals surface area contributed by atoms with Crippen LogP contribution in [-0.4, -0.2) is 42.5 Å². The van der Waals surface area contributed by atoms with E-state index in [0.29, 0.717) is 23.0 Å². The minimum Gasteiger partial charge on any atom is -0.486 e. The van der Waals surface area contributed by atoms with Gasteiger partial charge in [0.25, 0.3) is 0 Å². The molecule has 0 N–H and O–H groups in total. The number of carbonyl (C=O) groups excluding carboxylic acids is 1. The van der Waals surface area contributed by atoms with Gasteiger partial charge in [-0.25, -0.2) is 0 Å². The van der Waals surface area contributed by atoms with Crippen LogP contribution in [0.15, 0.2) is 84.9 Å². The van der Waals surface area contributed by atoms with Crippen LogP contribution in [0.25, 0.3) is 0 Å². The summed E-state index contributed by atoms with van der Waals surface area (Å²) >= 11 is 12.4. The van der Waals surface area contributed by atoms with Crippen LogP contribution >= 0.6 is 23.2 Å². The van der Waals surface area contributed by atoms with Gasteiger partial charge in [-0.2, -0.15) is 0 Å². The van der Waals surface area contributed by atoms with Crippen molar-refractivity contribution in [1.82, 2.24) is 9.80 Å². The maximum absolute atomic E-state index is 13.1. The first kappa shape index (κ1) is 33.4. The zero-order valence-electron chi connectivity index (χ0n) is 27.4. The van der Waals surface area contributed by atoms with Crippen molar-refractivity contribution < 1.29 is 19.0 Å². The number of esters is 1. The van der Waals surface area contributed by atoms with E-state index >= 15 is 0 Å². The maximum atomic E-state index is 13.1. The second kappa shape index (κ2) is 14.7. The Balaban J connectivity index is 1.24. The molecule has 8 heteroatoms. The number of likely N-dealkylation sites (N-methyl/N-ethyl adjacent to an activating group) is 1. The third kappa shape index (κ3) is 7.31. The first-order chi connectivity index (χ1) is 22.8. The number of benzene rings is 4. The van der Waals surface area contributed by atoms with Crippen LogP contribution in [-0.2, 0) is 29.0 Å². The van der Waals surface area contributed by atoms with Crippen molar-refractivity contribution in [3.05, 3.63) is 128 Å². The topological polar surface area (TPSA) is 51.2 Å². The second-order valence-electron chi connectivity index (χ2n) is 12.5. The normalized spacial score (nSPS) is 19.4. The second-order valence-corrected chi connectivity index (χ2v) is 13.4. The van der Waals surface area contributed by atoms with Crippen molar-refractivity contribution in [1.29, 1.82) is 0 Å². The fraction of sp³-hybridized carbons (Fsp3) is 0.359. The number of halogens is 2. The molecule has 246 valence electrons. The molecule has 0 saturated carbocycles. The molecule has 4 aromatic rings. The van der Waals surface area contributed by atoms with Gasteiger partial charge in [-0.1, -0.05) is 91.6 Å². The molecule has 2 aliphatic heterocycles. The van der Waals surface area contributed by atoms with Crippen LogP contribution in [0.4, 0.5) is 0 Å². The highest BCUT2D eigenvalue weighted by Gasteiger charge is 2.37. The molecule has 0 spiro atoms. The Kier molecular flexibility index (Phi) is 10.4. The van der Waals surface area contributed by atoms with Crippen molar-refractivity contribution in [3.8, 4) is 11.5 Å². The van der Waals surface area contributed by atoms with E-state index in [1.54, 1.807) is 0 Å². The molecule has 2 heterocycles. The summed E-state index contributed by atoms with van der Waals surface area (Å²) in [5.41, 5.74) is 6.79. The van der Waals surface area contributed by atoms with E-state index in [9.17, 15) is 4.79 Å². The number of ether oxygens (including phenoxy) is 3. The predicted molar refractivity (Wildman–Crippen MR) is 187 cm³/mol. The zero-order valence-corrected chi connectivity index (χ0v) is 28.9. The van der Waals surface area contributed by atoms with Crippen molar-refractivity contribution >= 4 is 29.2 Å². The number of nitrogens with zero attached hydrogens (tertiary/aromatic N) is 2. The van der Waals surface area contributed by atoms with Gasteiger partial charge in [0, 0.05) is 31.2 Å². The van der Waals surface area contributed by atoms with Gasteiger partial charge in [0.15, 0.2) is 0 Å². The first-order valence-corrected chi connectivity index (χ1v) is 17.1. The molecule has 0 aromatic heterocycles. The summed E-state index contributed by atoms with van der Waals surface area (Å²) in [6.45, 7) is 6.41. The van der Waals surface area contributed by atoms with Crippen molar-refractivity contribution in [2.45, 2.75) is 70.5 Å². The highest BCUT2D eigenvalue weighted by atomic mass is 35.5. The maximum Gasteiger partial charge on any atom is 0.323 e. The Morgan fingerprint density at radius 2 is 1.64 bits per heavy atom. The number of rotatable bonds is 9. The van der Waals surface area contributed by atoms with Crippen LogP contribution in [0, 0.1) is 0 Å². The summed E-state index contributed by atoms with van der Waals surface area (Å²) in [6.07, 6.45) is 1.99. The van der Waals surface area contributed by atoms with Gasteiger partial charge >= 0.3 is 5.97 Å². The van der Waals surface area contributed by atoms with Gasteiger partial charge < -0.3 is 14.2 Å². The highest BCUT2D eigenvalue weighted by Crippen LogP contribution is 2.39. The Morgan fingerprint density at radius 3 is 2.32 bits per heavy atom. The summed E-state index contributed by atoms with van der Waals surface area (Å²) in [6, 6.07) is 28.5. The Labute approximate surface area is 288 Å². The Morgan fingerprint density at radius 1 is 0.872 bits per heavy atom. The van der Waals surface area contributed by atoms with Crippen molar-refractivity contribution in [2.75, 3.05) is 20.7 Å². The van der Waals surface area contributed by atoms with Crippen molar-refractivity contribution in [3.63, 3.8) is 0 Å². The van der Waals surface area contributed by atoms with Gasteiger partial charge in [0.2, 0.25) is 0 Å². The molecule has 6 rings (SSSR count). The molecule has 0 fully saturated rings. The lowest BCUT2D eigenvalue weighted by Crippen LogP contribution is -2.47. The van der Waals surface area contributed by atoms with E-state index in [2.05, 4.69) is 79.2 Å². The largest absolute Gasteiger partial charge is 0.486 e. The zero-order chi connectivity index (χ0) is 33.1. The Bertz CT molecular complexity index is 1700. The molecule has 0 amide bonds. The lowest BCUT2D eigenvalue weighted by molar-refractivity contribution is -0.149. The van der Waals surface area contributed by atoms with E-state index in [1.165, 1.54) is 23.8 Å². The molecule has 0 radical (unpaired) electrons. The average Bonchev–Trinajstić information content (AvgIpc) is 3.25. The summed E-state index contributed by atoms with van der Waals surface area (Å²) in [4.78, 5) is 17.7. The molecule has 2 aliphatic rings. The number of carbonyl (C=O) groups is 1. The summed E-state index contributed by atoms with van der Waals surface area (Å²) in [7, 11) is 3.60. The quantitative estimate of drug-likeness (QED) is 0.165. The van der Waals surface area contributed by atoms with Crippen LogP contribution in [0.3, 0.4) is 0 Å². The number of methoxy groups -OCH3 is 1. The van der Waals surface area contributed by atoms with E-state index in [1.807, 2.05) is 36.4 Å². The molecule has 4 atom stereocenters. The van der Waals surface area contributed by atoms with Crippen LogP contribution in [0.5, 0.6) is 11.5 Å². The molecule has 0 bridgehead atoms. The smallest absolute Gasteiger partial charge is 0.323 e. The molecule has 4 aromatic carbocycles. The highest BCUT2D eigenvalue weighted by molar-refractivity contribution is 6.42. The average molecular weight is 674 g/mol. The van der Waals surface area contributed by atoms with Gasteiger partial charge in [-0.3, -0.25) is 14.6 Å². The fourth-order valence-electron chi connectivity index (χ4n) is 6.97. The lowest BCUT2D eigenvalue weighted by atomic mass is 9.88. The first-order valence-electron chi connectivity index (χ1n) is 16.4. The molecular formula is C39H42Cl2N2O4. The monoisotopic (exact) mass is 672 g/mol. The molecule has 1 unspecified atom stereocenters. The standard InChI is InChI=1S/C39H42Cl2N2O4/c1-5-34(25-10-8-7-9-11-25)43-23-29-21-37-30(18-28(29)20-35(43)39(44)45-4)22-42(3)24-38(47-37)26-12-15-31(16-13-26)46-36(6-2)27-14-17-32(40)33(41)19-27/h7-19,21,34-36,38H,5-6,20,22-24H2,1-4H3/t34?,35-,36+,38+/m0/s1. The minimum atomic E-state index is -0.349. The number of hydrogen-bond acceptors (Lipinski definition) is 6. The van der Waals surface area contributed by atoms with Crippen LogP contribution < -0.4 is 9.47 Å². The number of fused-ring (bicyclic) bond motifs is 2. The van der Waals surface area contributed by atoms with Gasteiger partial charge in [-0.15, -0.1) is 0 Å². The predicted octanol–water partition coefficient (Wildman–Crippen LogP) is 9.14. The fourth-order valence-corrected chi connectivity index (χ4v) is 7.27. The Hall–Kier alpha value is -3.55. The summed E-state index contributed by atoms with van der Waals surface area (Å²) in [5, 5.41) is 1.06. The molecule has 6 nitrogen and oxygen atoms in total. The van der Waals surface area contributed by atoms with E-state index in [0.717, 1.165) is 54.1 Å². The van der Waals surface area contributed by atoms with Gasteiger partial charge in [0.05, 0.1) is 17.2 Å². The molecule has 47 heavy (non-hydrogen) atoms. The van der Waals surface area contributed by atoms with Gasteiger partial charge in [0.1, 0.15) is 29.7 Å². The lowest BCUT2D eigenvalue weighted by Gasteiger charge is -2.40. The van der Waals surface area contributed by atoms with Crippen LogP contribution in [0.2, 0.25) is 10.0 Å². The molecular weight excluding hydrogens is 631 g/mol. The molecule has 0 saturated heterocycles. The third-order valence-electron chi connectivity index (χ3n) is 9.40. The SMILES string of the molecule is CCC(c1ccccc1)N1Cc2cc3c(cc2C[C@H]1C(=O)OC)CN(C)C[C@H](c1ccc(O[C@H](CC)c2ccc(Cl)c(Cl)c2)cc1)O3. The third-order valence-corrected chi connectivity index (χ3v) is 10.1. The molecule has 0 aliphatic carbocycles. The minimum absolute atomic E-state index is 0.0942. The van der Waals surface area contributed by atoms with Crippen LogP contribution in [0.1, 0.15) is 78.3 Å². The van der Waals surface area contributed by atoms with E-state index in [4.69, 9.17) is 37.4 Å². The van der Waals surface area contributed by atoms with E-state index in [-0.39, 0.29) is 30.3 Å². The summed E-state index contributed by atoms with van der Waals surface area (Å²) < 4.78 is 18.5. The van der Waals surface area contributed by atoms with Crippen molar-refractivity contribution in [2.24, 2.45) is 0 Å².